The van der Waals surface area contributed by atoms with Gasteiger partial charge in [-0.3, -0.25) is 0 Å². The second kappa shape index (κ2) is 6.70. The van der Waals surface area contributed by atoms with Crippen LogP contribution in [0.25, 0.3) is 11.4 Å². The highest BCUT2D eigenvalue weighted by molar-refractivity contribution is 5.63. The fraction of sp³-hybridized carbons (Fsp3) is 0.286. The van der Waals surface area contributed by atoms with E-state index < -0.39 is 0 Å². The predicted octanol–water partition coefficient (Wildman–Crippen LogP) is 1.84. The van der Waals surface area contributed by atoms with Crippen LogP contribution in [0.4, 0.5) is 0 Å². The van der Waals surface area contributed by atoms with E-state index in [1.54, 1.807) is 30.6 Å². The second-order valence-corrected chi connectivity index (χ2v) is 4.07. The monoisotopic (exact) mass is 259 g/mol. The van der Waals surface area contributed by atoms with Gasteiger partial charge in [-0.15, -0.1) is 0 Å². The van der Waals surface area contributed by atoms with Crippen molar-refractivity contribution < 1.29 is 9.84 Å². The number of ether oxygens (including phenoxy) is 1. The Morgan fingerprint density at radius 2 is 1.95 bits per heavy atom. The number of nitrogens with zero attached hydrogens (tertiary/aromatic N) is 2. The molecule has 0 saturated carbocycles. The number of nitrogens with one attached hydrogen (secondary N) is 1. The Kier molecular flexibility index (Phi) is 4.69. The van der Waals surface area contributed by atoms with Crippen LogP contribution >= 0.6 is 0 Å². The average molecular weight is 259 g/mol. The van der Waals surface area contributed by atoms with Gasteiger partial charge >= 0.3 is 0 Å². The van der Waals surface area contributed by atoms with E-state index in [1.807, 2.05) is 13.1 Å². The summed E-state index contributed by atoms with van der Waals surface area (Å²) in [5.74, 6) is 1.29. The average Bonchev–Trinajstić information content (AvgIpc) is 2.45. The van der Waals surface area contributed by atoms with E-state index in [2.05, 4.69) is 15.3 Å². The van der Waals surface area contributed by atoms with Gasteiger partial charge in [0.15, 0.2) is 11.6 Å². The normalized spacial score (nSPS) is 10.4. The topological polar surface area (TPSA) is 67.3 Å². The first-order valence-electron chi connectivity index (χ1n) is 6.19. The molecule has 19 heavy (non-hydrogen) atoms. The van der Waals surface area contributed by atoms with Gasteiger partial charge in [-0.1, -0.05) is 12.1 Å². The van der Waals surface area contributed by atoms with Gasteiger partial charge in [-0.2, -0.15) is 0 Å². The van der Waals surface area contributed by atoms with Crippen molar-refractivity contribution in [2.45, 2.75) is 6.42 Å². The van der Waals surface area contributed by atoms with Crippen molar-refractivity contribution in [3.05, 3.63) is 36.7 Å². The van der Waals surface area contributed by atoms with Crippen molar-refractivity contribution in [3.8, 4) is 22.9 Å². The van der Waals surface area contributed by atoms with E-state index >= 15 is 0 Å². The Balaban J connectivity index is 2.01. The van der Waals surface area contributed by atoms with E-state index in [1.165, 1.54) is 0 Å². The third-order valence-electron chi connectivity index (χ3n) is 2.61. The maximum absolute atomic E-state index is 9.72. The molecule has 0 bridgehead atoms. The predicted molar refractivity (Wildman–Crippen MR) is 73.2 cm³/mol. The number of hydrogen-bond donors (Lipinski definition) is 2. The zero-order chi connectivity index (χ0) is 13.5. The molecule has 0 amide bonds. The third kappa shape index (κ3) is 3.66. The quantitative estimate of drug-likeness (QED) is 0.775. The minimum absolute atomic E-state index is 0.171. The summed E-state index contributed by atoms with van der Waals surface area (Å²) in [7, 11) is 1.91. The first-order valence-corrected chi connectivity index (χ1v) is 6.19. The molecule has 100 valence electrons. The SMILES string of the molecule is CNCCCOc1cnc(-c2ccccc2O)nc1. The molecular formula is C14H17N3O2. The Bertz CT molecular complexity index is 514. The zero-order valence-corrected chi connectivity index (χ0v) is 10.8. The summed E-state index contributed by atoms with van der Waals surface area (Å²) in [6.45, 7) is 1.54. The molecule has 5 heteroatoms. The number of para-hydroxylation sites is 1. The number of aromatic hydroxyl groups is 1. The van der Waals surface area contributed by atoms with Crippen molar-refractivity contribution in [2.75, 3.05) is 20.2 Å². The summed E-state index contributed by atoms with van der Waals surface area (Å²) in [6.07, 6.45) is 4.17. The highest BCUT2D eigenvalue weighted by atomic mass is 16.5. The van der Waals surface area contributed by atoms with E-state index in [9.17, 15) is 5.11 Å². The summed E-state index contributed by atoms with van der Waals surface area (Å²) >= 11 is 0. The lowest BCUT2D eigenvalue weighted by Crippen LogP contribution is -2.11. The van der Waals surface area contributed by atoms with Crippen molar-refractivity contribution in [1.82, 2.24) is 15.3 Å². The molecule has 0 aliphatic heterocycles. The van der Waals surface area contributed by atoms with Crippen LogP contribution in [0.15, 0.2) is 36.7 Å². The summed E-state index contributed by atoms with van der Waals surface area (Å²) in [6, 6.07) is 6.98. The van der Waals surface area contributed by atoms with Gasteiger partial charge in [0.2, 0.25) is 0 Å². The van der Waals surface area contributed by atoms with Crippen molar-refractivity contribution in [1.29, 1.82) is 0 Å². The van der Waals surface area contributed by atoms with Crippen LogP contribution in [-0.4, -0.2) is 35.3 Å². The first-order chi connectivity index (χ1) is 9.31. The van der Waals surface area contributed by atoms with Crippen LogP contribution in [0.3, 0.4) is 0 Å². The van der Waals surface area contributed by atoms with Gasteiger partial charge in [0, 0.05) is 0 Å². The smallest absolute Gasteiger partial charge is 0.163 e. The Morgan fingerprint density at radius 3 is 2.63 bits per heavy atom. The Labute approximate surface area is 112 Å². The maximum atomic E-state index is 9.72. The van der Waals surface area contributed by atoms with E-state index in [-0.39, 0.29) is 5.75 Å². The highest BCUT2D eigenvalue weighted by Crippen LogP contribution is 2.25. The number of hydrogen-bond acceptors (Lipinski definition) is 5. The molecule has 0 radical (unpaired) electrons. The molecule has 1 aromatic carbocycles. The molecule has 0 aliphatic carbocycles. The molecule has 2 rings (SSSR count). The van der Waals surface area contributed by atoms with E-state index in [0.29, 0.717) is 23.7 Å². The van der Waals surface area contributed by atoms with Crippen molar-refractivity contribution >= 4 is 0 Å². The number of phenols is 1. The molecule has 1 heterocycles. The van der Waals surface area contributed by atoms with Crippen LogP contribution in [0.5, 0.6) is 11.5 Å². The summed E-state index contributed by atoms with van der Waals surface area (Å²) in [4.78, 5) is 8.39. The number of phenolic OH excluding ortho intramolecular Hbond substituents is 1. The van der Waals surface area contributed by atoms with Gasteiger partial charge in [0.05, 0.1) is 24.6 Å². The van der Waals surface area contributed by atoms with Crippen molar-refractivity contribution in [3.63, 3.8) is 0 Å². The molecule has 5 nitrogen and oxygen atoms in total. The molecule has 1 aromatic heterocycles. The number of rotatable bonds is 6. The van der Waals surface area contributed by atoms with Gasteiger partial charge in [-0.05, 0) is 32.1 Å². The molecule has 0 saturated heterocycles. The molecule has 0 aliphatic rings. The fourth-order valence-corrected chi connectivity index (χ4v) is 1.63. The lowest BCUT2D eigenvalue weighted by Gasteiger charge is -2.06. The highest BCUT2D eigenvalue weighted by Gasteiger charge is 2.06. The van der Waals surface area contributed by atoms with Crippen LogP contribution in [0.2, 0.25) is 0 Å². The number of benzene rings is 1. The lowest BCUT2D eigenvalue weighted by atomic mass is 10.2. The Morgan fingerprint density at radius 1 is 1.21 bits per heavy atom. The van der Waals surface area contributed by atoms with Crippen LogP contribution in [-0.2, 0) is 0 Å². The van der Waals surface area contributed by atoms with Gasteiger partial charge in [0.1, 0.15) is 5.75 Å². The largest absolute Gasteiger partial charge is 0.507 e. The molecule has 2 aromatic rings. The van der Waals surface area contributed by atoms with Crippen molar-refractivity contribution in [2.24, 2.45) is 0 Å². The van der Waals surface area contributed by atoms with Gasteiger partial charge < -0.3 is 15.2 Å². The summed E-state index contributed by atoms with van der Waals surface area (Å²) in [5.41, 5.74) is 0.615. The molecule has 0 atom stereocenters. The zero-order valence-electron chi connectivity index (χ0n) is 10.8. The molecule has 0 unspecified atom stereocenters. The molecule has 2 N–H and O–H groups in total. The van der Waals surface area contributed by atoms with E-state index in [0.717, 1.165) is 13.0 Å². The second-order valence-electron chi connectivity index (χ2n) is 4.07. The lowest BCUT2D eigenvalue weighted by molar-refractivity contribution is 0.307. The van der Waals surface area contributed by atoms with Crippen LogP contribution < -0.4 is 10.1 Å². The molecular weight excluding hydrogens is 242 g/mol. The Hall–Kier alpha value is -2.14. The standard InChI is InChI=1S/C14H17N3O2/c1-15-7-4-8-19-11-9-16-14(17-10-11)12-5-2-3-6-13(12)18/h2-3,5-6,9-10,15,18H,4,7-8H2,1H3. The fourth-order valence-electron chi connectivity index (χ4n) is 1.63. The number of aromatic nitrogens is 2. The molecule has 0 fully saturated rings. The molecule has 0 spiro atoms. The van der Waals surface area contributed by atoms with Gasteiger partial charge in [0.25, 0.3) is 0 Å². The maximum Gasteiger partial charge on any atom is 0.163 e. The van der Waals surface area contributed by atoms with Crippen LogP contribution in [0.1, 0.15) is 6.42 Å². The van der Waals surface area contributed by atoms with Crippen LogP contribution in [0, 0.1) is 0 Å². The minimum Gasteiger partial charge on any atom is -0.507 e. The van der Waals surface area contributed by atoms with Gasteiger partial charge in [-0.25, -0.2) is 9.97 Å². The van der Waals surface area contributed by atoms with E-state index in [4.69, 9.17) is 4.74 Å². The summed E-state index contributed by atoms with van der Waals surface area (Å²) < 4.78 is 5.50. The first kappa shape index (κ1) is 13.3. The third-order valence-corrected chi connectivity index (χ3v) is 2.61. The minimum atomic E-state index is 0.171. The summed E-state index contributed by atoms with van der Waals surface area (Å²) in [5, 5.41) is 12.8.